The van der Waals surface area contributed by atoms with Gasteiger partial charge in [0, 0.05) is 0 Å². The number of carbonyl (C=O) groups is 1. The van der Waals surface area contributed by atoms with Gasteiger partial charge in [0.05, 0.1) is 12.5 Å². The van der Waals surface area contributed by atoms with Crippen LogP contribution in [0.25, 0.3) is 0 Å². The molecule has 3 nitrogen and oxygen atoms in total. The summed E-state index contributed by atoms with van der Waals surface area (Å²) in [7, 11) is 1.51. The molecule has 1 saturated heterocycles. The second-order valence-electron chi connectivity index (χ2n) is 4.17. The average molecular weight is 220 g/mol. The van der Waals surface area contributed by atoms with E-state index in [9.17, 15) is 4.79 Å². The minimum Gasteiger partial charge on any atom is -0.469 e. The lowest BCUT2D eigenvalue weighted by Gasteiger charge is -2.35. The summed E-state index contributed by atoms with van der Waals surface area (Å²) in [5, 5.41) is 3.29. The molecule has 0 bridgehead atoms. The first-order chi connectivity index (χ1) is 6.29. The van der Waals surface area contributed by atoms with Crippen LogP contribution < -0.4 is 5.32 Å². The summed E-state index contributed by atoms with van der Waals surface area (Å²) in [6, 6.07) is 0. The van der Waals surface area contributed by atoms with E-state index in [1.807, 2.05) is 0 Å². The van der Waals surface area contributed by atoms with Gasteiger partial charge >= 0.3 is 5.97 Å². The van der Waals surface area contributed by atoms with Crippen LogP contribution in [0.15, 0.2) is 0 Å². The Morgan fingerprint density at radius 2 is 1.93 bits per heavy atom. The zero-order valence-corrected chi connectivity index (χ0v) is 9.36. The molecule has 1 aliphatic carbocycles. The van der Waals surface area contributed by atoms with E-state index in [0.717, 1.165) is 25.9 Å². The molecule has 82 valence electrons. The van der Waals surface area contributed by atoms with E-state index in [1.54, 1.807) is 0 Å². The molecule has 2 aliphatic rings. The monoisotopic (exact) mass is 219 g/mol. The molecule has 0 unspecified atom stereocenters. The minimum atomic E-state index is -0.125. The summed E-state index contributed by atoms with van der Waals surface area (Å²) in [6.07, 6.45) is 4.36. The van der Waals surface area contributed by atoms with E-state index in [2.05, 4.69) is 5.32 Å². The number of hydrogen-bond donors (Lipinski definition) is 1. The van der Waals surface area contributed by atoms with E-state index < -0.39 is 0 Å². The second kappa shape index (κ2) is 4.49. The van der Waals surface area contributed by atoms with Gasteiger partial charge in [0.15, 0.2) is 0 Å². The minimum absolute atomic E-state index is 0. The predicted molar refractivity (Wildman–Crippen MR) is 56.5 cm³/mol. The maximum absolute atomic E-state index is 11.7. The van der Waals surface area contributed by atoms with E-state index >= 15 is 0 Å². The fraction of sp³-hybridized carbons (Fsp3) is 0.900. The largest absolute Gasteiger partial charge is 0.469 e. The van der Waals surface area contributed by atoms with Crippen molar-refractivity contribution >= 4 is 18.4 Å². The van der Waals surface area contributed by atoms with Crippen LogP contribution in [0.2, 0.25) is 0 Å². The van der Waals surface area contributed by atoms with Crippen molar-refractivity contribution < 1.29 is 9.53 Å². The third kappa shape index (κ3) is 1.89. The Balaban J connectivity index is 0.000000980. The van der Waals surface area contributed by atoms with Gasteiger partial charge in [0.1, 0.15) is 0 Å². The first-order valence-corrected chi connectivity index (χ1v) is 5.09. The Bertz CT molecular complexity index is 210. The van der Waals surface area contributed by atoms with Gasteiger partial charge in [-0.3, -0.25) is 4.79 Å². The van der Waals surface area contributed by atoms with Gasteiger partial charge in [-0.1, -0.05) is 0 Å². The SMILES string of the molecule is COC(=O)C1(C2CC2)CCNCC1.Cl. The third-order valence-corrected chi connectivity index (χ3v) is 3.45. The predicted octanol–water partition coefficient (Wildman–Crippen LogP) is 1.36. The molecule has 0 aromatic carbocycles. The van der Waals surface area contributed by atoms with Gasteiger partial charge in [0.25, 0.3) is 0 Å². The lowest BCUT2D eigenvalue weighted by Crippen LogP contribution is -2.44. The molecule has 2 rings (SSSR count). The van der Waals surface area contributed by atoms with E-state index in [4.69, 9.17) is 4.74 Å². The molecule has 1 aliphatic heterocycles. The van der Waals surface area contributed by atoms with Crippen molar-refractivity contribution in [2.75, 3.05) is 20.2 Å². The Kier molecular flexibility index (Phi) is 3.78. The van der Waals surface area contributed by atoms with Crippen LogP contribution in [-0.4, -0.2) is 26.2 Å². The van der Waals surface area contributed by atoms with Crippen molar-refractivity contribution in [3.05, 3.63) is 0 Å². The summed E-state index contributed by atoms with van der Waals surface area (Å²) < 4.78 is 4.93. The smallest absolute Gasteiger partial charge is 0.312 e. The van der Waals surface area contributed by atoms with Gasteiger partial charge < -0.3 is 10.1 Å². The molecule has 4 heteroatoms. The fourth-order valence-corrected chi connectivity index (χ4v) is 2.49. The zero-order valence-electron chi connectivity index (χ0n) is 8.54. The summed E-state index contributed by atoms with van der Waals surface area (Å²) in [5.74, 6) is 0.638. The highest BCUT2D eigenvalue weighted by Gasteiger charge is 2.51. The van der Waals surface area contributed by atoms with Crippen LogP contribution in [0, 0.1) is 11.3 Å². The molecule has 2 fully saturated rings. The van der Waals surface area contributed by atoms with Crippen molar-refractivity contribution in [3.8, 4) is 0 Å². The average Bonchev–Trinajstić information content (AvgIpc) is 3.01. The van der Waals surface area contributed by atoms with Crippen LogP contribution in [0.5, 0.6) is 0 Å². The molecular weight excluding hydrogens is 202 g/mol. The first kappa shape index (κ1) is 11.8. The summed E-state index contributed by atoms with van der Waals surface area (Å²) in [5.41, 5.74) is -0.125. The van der Waals surface area contributed by atoms with Gasteiger partial charge in [-0.25, -0.2) is 0 Å². The number of rotatable bonds is 2. The van der Waals surface area contributed by atoms with Gasteiger partial charge in [-0.05, 0) is 44.7 Å². The molecule has 1 N–H and O–H groups in total. The summed E-state index contributed by atoms with van der Waals surface area (Å²) in [4.78, 5) is 11.7. The second-order valence-corrected chi connectivity index (χ2v) is 4.17. The Morgan fingerprint density at radius 1 is 1.36 bits per heavy atom. The third-order valence-electron chi connectivity index (χ3n) is 3.45. The normalized spacial score (nSPS) is 24.9. The number of carbonyl (C=O) groups excluding carboxylic acids is 1. The zero-order chi connectivity index (χ0) is 9.31. The molecule has 0 aromatic heterocycles. The highest BCUT2D eigenvalue weighted by molar-refractivity contribution is 5.85. The molecule has 14 heavy (non-hydrogen) atoms. The standard InChI is InChI=1S/C10H17NO2.ClH/c1-13-9(12)10(8-2-3-8)4-6-11-7-5-10;/h8,11H,2-7H2,1H3;1H. The number of methoxy groups -OCH3 is 1. The molecular formula is C10H18ClNO2. The van der Waals surface area contributed by atoms with Crippen molar-refractivity contribution in [2.45, 2.75) is 25.7 Å². The van der Waals surface area contributed by atoms with Gasteiger partial charge in [-0.15, -0.1) is 12.4 Å². The summed E-state index contributed by atoms with van der Waals surface area (Å²) >= 11 is 0. The highest BCUT2D eigenvalue weighted by Crippen LogP contribution is 2.51. The number of esters is 1. The lowest BCUT2D eigenvalue weighted by atomic mass is 9.74. The van der Waals surface area contributed by atoms with Crippen LogP contribution in [-0.2, 0) is 9.53 Å². The quantitative estimate of drug-likeness (QED) is 0.713. The maximum Gasteiger partial charge on any atom is 0.312 e. The van der Waals surface area contributed by atoms with Crippen molar-refractivity contribution in [1.29, 1.82) is 0 Å². The molecule has 1 heterocycles. The van der Waals surface area contributed by atoms with Crippen LogP contribution in [0.3, 0.4) is 0 Å². The van der Waals surface area contributed by atoms with Crippen LogP contribution in [0.1, 0.15) is 25.7 Å². The molecule has 1 saturated carbocycles. The van der Waals surface area contributed by atoms with Crippen molar-refractivity contribution in [3.63, 3.8) is 0 Å². The van der Waals surface area contributed by atoms with Gasteiger partial charge in [-0.2, -0.15) is 0 Å². The molecule has 0 aromatic rings. The van der Waals surface area contributed by atoms with Crippen molar-refractivity contribution in [1.82, 2.24) is 5.32 Å². The molecule has 0 spiro atoms. The number of ether oxygens (including phenoxy) is 1. The van der Waals surface area contributed by atoms with E-state index in [-0.39, 0.29) is 23.8 Å². The fourth-order valence-electron chi connectivity index (χ4n) is 2.49. The van der Waals surface area contributed by atoms with Gasteiger partial charge in [0.2, 0.25) is 0 Å². The Hall–Kier alpha value is -0.280. The van der Waals surface area contributed by atoms with E-state index in [1.165, 1.54) is 20.0 Å². The van der Waals surface area contributed by atoms with E-state index in [0.29, 0.717) is 5.92 Å². The number of nitrogens with one attached hydrogen (secondary N) is 1. The topological polar surface area (TPSA) is 38.3 Å². The number of hydrogen-bond acceptors (Lipinski definition) is 3. The molecule has 0 amide bonds. The van der Waals surface area contributed by atoms with Crippen molar-refractivity contribution in [2.24, 2.45) is 11.3 Å². The highest BCUT2D eigenvalue weighted by atomic mass is 35.5. The maximum atomic E-state index is 11.7. The number of halogens is 1. The number of piperidine rings is 1. The Labute approximate surface area is 91.0 Å². The first-order valence-electron chi connectivity index (χ1n) is 5.09. The van der Waals surface area contributed by atoms with Crippen LogP contribution in [0.4, 0.5) is 0 Å². The van der Waals surface area contributed by atoms with Crippen LogP contribution >= 0.6 is 12.4 Å². The molecule has 0 radical (unpaired) electrons. The molecule has 0 atom stereocenters. The Morgan fingerprint density at radius 3 is 2.36 bits per heavy atom. The lowest BCUT2D eigenvalue weighted by molar-refractivity contribution is -0.156. The summed E-state index contributed by atoms with van der Waals surface area (Å²) in [6.45, 7) is 1.93.